The smallest absolute Gasteiger partial charge is 0.279 e. The second-order valence-electron chi connectivity index (χ2n) is 5.89. The Hall–Kier alpha value is -1.55. The summed E-state index contributed by atoms with van der Waals surface area (Å²) in [4.78, 5) is 13.3. The van der Waals surface area contributed by atoms with Crippen LogP contribution >= 0.6 is 23.2 Å². The molecule has 0 aliphatic rings. The number of likely N-dealkylation sites (N-methyl/N-ethyl adjacent to an activating group) is 1. The third-order valence-corrected chi connectivity index (χ3v) is 4.31. The highest BCUT2D eigenvalue weighted by atomic mass is 35.5. The van der Waals surface area contributed by atoms with E-state index < -0.39 is 0 Å². The van der Waals surface area contributed by atoms with Gasteiger partial charge in [-0.2, -0.15) is 0 Å². The quantitative estimate of drug-likeness (QED) is 0.851. The minimum atomic E-state index is -0.109. The van der Waals surface area contributed by atoms with Gasteiger partial charge < -0.3 is 10.2 Å². The molecule has 1 unspecified atom stereocenters. The van der Waals surface area contributed by atoms with Crippen molar-refractivity contribution in [3.63, 3.8) is 0 Å². The van der Waals surface area contributed by atoms with Crippen molar-refractivity contribution in [2.75, 3.05) is 18.9 Å². The Morgan fingerprint density at radius 1 is 1.13 bits per heavy atom. The minimum Gasteiger partial charge on any atom is -0.326 e. The predicted octanol–water partition coefficient (Wildman–Crippen LogP) is 3.26. The van der Waals surface area contributed by atoms with Gasteiger partial charge in [-0.05, 0) is 31.5 Å². The van der Waals surface area contributed by atoms with Crippen LogP contribution < -0.4 is 10.2 Å². The number of hydrogen-bond acceptors (Lipinski definition) is 1. The summed E-state index contributed by atoms with van der Waals surface area (Å²) in [6, 6.07) is 11.5. The predicted molar refractivity (Wildman–Crippen MR) is 96.5 cm³/mol. The number of amides is 1. The summed E-state index contributed by atoms with van der Waals surface area (Å²) in [5.41, 5.74) is 4.21. The summed E-state index contributed by atoms with van der Waals surface area (Å²) in [7, 11) is 1.99. The third kappa shape index (κ3) is 4.96. The zero-order chi connectivity index (χ0) is 17.0. The molecular formula is C18H21Cl2N2O+. The lowest BCUT2D eigenvalue weighted by Gasteiger charge is -2.16. The van der Waals surface area contributed by atoms with E-state index in [0.717, 1.165) is 11.4 Å². The van der Waals surface area contributed by atoms with Gasteiger partial charge in [0, 0.05) is 5.56 Å². The molecule has 2 N–H and O–H groups in total. The largest absolute Gasteiger partial charge is 0.326 e. The van der Waals surface area contributed by atoms with Gasteiger partial charge >= 0.3 is 0 Å². The maximum absolute atomic E-state index is 12.2. The van der Waals surface area contributed by atoms with Crippen LogP contribution in [0, 0.1) is 13.8 Å². The summed E-state index contributed by atoms with van der Waals surface area (Å²) in [5, 5.41) is 3.68. The minimum absolute atomic E-state index is 0.109. The fraction of sp³-hybridized carbons (Fsp3) is 0.278. The molecule has 0 aliphatic heterocycles. The van der Waals surface area contributed by atoms with Crippen LogP contribution in [0.15, 0.2) is 36.4 Å². The van der Waals surface area contributed by atoms with Gasteiger partial charge in [-0.25, -0.2) is 0 Å². The molecule has 5 heteroatoms. The Morgan fingerprint density at radius 3 is 2.39 bits per heavy atom. The van der Waals surface area contributed by atoms with Gasteiger partial charge in [-0.1, -0.05) is 53.0 Å². The molecule has 0 bridgehead atoms. The molecule has 1 atom stereocenters. The van der Waals surface area contributed by atoms with Crippen LogP contribution in [0.3, 0.4) is 0 Å². The topological polar surface area (TPSA) is 33.5 Å². The van der Waals surface area contributed by atoms with Crippen molar-refractivity contribution in [1.82, 2.24) is 0 Å². The van der Waals surface area contributed by atoms with Crippen molar-refractivity contribution >= 4 is 34.8 Å². The van der Waals surface area contributed by atoms with Crippen LogP contribution in [0.5, 0.6) is 0 Å². The number of carbonyl (C=O) groups is 1. The molecule has 2 aromatic carbocycles. The molecule has 0 heterocycles. The summed E-state index contributed by atoms with van der Waals surface area (Å²) >= 11 is 12.1. The first kappa shape index (κ1) is 17.8. The highest BCUT2D eigenvalue weighted by Crippen LogP contribution is 2.29. The summed E-state index contributed by atoms with van der Waals surface area (Å²) in [5.74, 6) is -0.109. The van der Waals surface area contributed by atoms with Crippen molar-refractivity contribution in [2.24, 2.45) is 0 Å². The summed E-state index contributed by atoms with van der Waals surface area (Å²) in [6.07, 6.45) is 0. The lowest BCUT2D eigenvalue weighted by molar-refractivity contribution is -0.885. The van der Waals surface area contributed by atoms with Crippen molar-refractivity contribution < 1.29 is 9.69 Å². The van der Waals surface area contributed by atoms with Crippen molar-refractivity contribution in [2.45, 2.75) is 20.4 Å². The van der Waals surface area contributed by atoms with Crippen LogP contribution in [0.25, 0.3) is 0 Å². The molecule has 0 aliphatic carbocycles. The molecule has 0 aromatic heterocycles. The van der Waals surface area contributed by atoms with Gasteiger partial charge in [0.1, 0.15) is 6.54 Å². The van der Waals surface area contributed by atoms with Gasteiger partial charge in [0.05, 0.1) is 22.8 Å². The van der Waals surface area contributed by atoms with Gasteiger partial charge in [0.15, 0.2) is 6.54 Å². The fourth-order valence-corrected chi connectivity index (χ4v) is 3.00. The van der Waals surface area contributed by atoms with E-state index in [1.807, 2.05) is 7.05 Å². The average Bonchev–Trinajstić information content (AvgIpc) is 2.46. The van der Waals surface area contributed by atoms with E-state index in [2.05, 4.69) is 37.4 Å². The van der Waals surface area contributed by atoms with Gasteiger partial charge in [-0.15, -0.1) is 0 Å². The Kier molecular flexibility index (Phi) is 6.05. The number of quaternary nitrogens is 1. The number of carbonyl (C=O) groups excluding carboxylic acids is 1. The van der Waals surface area contributed by atoms with Crippen LogP contribution in [0.4, 0.5) is 5.69 Å². The highest BCUT2D eigenvalue weighted by Gasteiger charge is 2.14. The molecule has 2 rings (SSSR count). The van der Waals surface area contributed by atoms with Gasteiger partial charge in [-0.3, -0.25) is 4.79 Å². The molecule has 23 heavy (non-hydrogen) atoms. The molecule has 0 fully saturated rings. The summed E-state index contributed by atoms with van der Waals surface area (Å²) in [6.45, 7) is 5.30. The molecule has 0 saturated heterocycles. The molecule has 122 valence electrons. The maximum Gasteiger partial charge on any atom is 0.279 e. The molecule has 3 nitrogen and oxygen atoms in total. The van der Waals surface area contributed by atoms with Crippen molar-refractivity contribution in [3.8, 4) is 0 Å². The first-order chi connectivity index (χ1) is 10.9. The second-order valence-corrected chi connectivity index (χ2v) is 6.70. The van der Waals surface area contributed by atoms with E-state index in [9.17, 15) is 4.79 Å². The van der Waals surface area contributed by atoms with E-state index in [0.29, 0.717) is 22.3 Å². The van der Waals surface area contributed by atoms with E-state index in [-0.39, 0.29) is 5.91 Å². The first-order valence-electron chi connectivity index (χ1n) is 7.48. The average molecular weight is 352 g/mol. The summed E-state index contributed by atoms with van der Waals surface area (Å²) < 4.78 is 0. The lowest BCUT2D eigenvalue weighted by Crippen LogP contribution is -3.08. The molecular weight excluding hydrogens is 331 g/mol. The third-order valence-electron chi connectivity index (χ3n) is 3.68. The monoisotopic (exact) mass is 351 g/mol. The van der Waals surface area contributed by atoms with E-state index in [1.165, 1.54) is 16.7 Å². The Balaban J connectivity index is 1.97. The Morgan fingerprint density at radius 2 is 1.78 bits per heavy atom. The van der Waals surface area contributed by atoms with Crippen LogP contribution in [-0.2, 0) is 11.3 Å². The zero-order valence-corrected chi connectivity index (χ0v) is 15.1. The number of benzene rings is 2. The molecule has 2 aromatic rings. The van der Waals surface area contributed by atoms with E-state index in [1.54, 1.807) is 18.2 Å². The number of rotatable bonds is 5. The SMILES string of the molecule is Cc1ccc(C[NH+](C)CC(=O)Nc2c(Cl)cccc2Cl)c(C)c1. The van der Waals surface area contributed by atoms with E-state index >= 15 is 0 Å². The number of nitrogens with one attached hydrogen (secondary N) is 2. The van der Waals surface area contributed by atoms with Crippen LogP contribution in [0.2, 0.25) is 10.0 Å². The highest BCUT2D eigenvalue weighted by molar-refractivity contribution is 6.39. The fourth-order valence-electron chi connectivity index (χ4n) is 2.51. The lowest BCUT2D eigenvalue weighted by atomic mass is 10.1. The van der Waals surface area contributed by atoms with Crippen LogP contribution in [-0.4, -0.2) is 19.5 Å². The van der Waals surface area contributed by atoms with E-state index in [4.69, 9.17) is 23.2 Å². The maximum atomic E-state index is 12.2. The van der Waals surface area contributed by atoms with Gasteiger partial charge in [0.2, 0.25) is 0 Å². The number of halogens is 2. The van der Waals surface area contributed by atoms with Crippen LogP contribution in [0.1, 0.15) is 16.7 Å². The standard InChI is InChI=1S/C18H20Cl2N2O/c1-12-7-8-14(13(2)9-12)10-22(3)11-17(23)21-18-15(19)5-4-6-16(18)20/h4-9H,10-11H2,1-3H3,(H,21,23)/p+1. The van der Waals surface area contributed by atoms with Gasteiger partial charge in [0.25, 0.3) is 5.91 Å². The Labute approximate surface area is 147 Å². The van der Waals surface area contributed by atoms with Crippen molar-refractivity contribution in [1.29, 1.82) is 0 Å². The number of anilines is 1. The first-order valence-corrected chi connectivity index (χ1v) is 8.23. The molecule has 0 saturated carbocycles. The number of hydrogen-bond donors (Lipinski definition) is 2. The molecule has 1 amide bonds. The number of para-hydroxylation sites is 1. The molecule has 0 spiro atoms. The normalized spacial score (nSPS) is 12.0. The van der Waals surface area contributed by atoms with Crippen molar-refractivity contribution in [3.05, 3.63) is 63.1 Å². The molecule has 0 radical (unpaired) electrons. The zero-order valence-electron chi connectivity index (χ0n) is 13.5. The Bertz CT molecular complexity index is 696. The number of aryl methyl sites for hydroxylation is 2. The second kappa shape index (κ2) is 7.82.